The molecule has 0 spiro atoms. The lowest BCUT2D eigenvalue weighted by atomic mass is 10.2. The zero-order chi connectivity index (χ0) is 18.9. The SMILES string of the molecule is Nc1ccc(CN2CCN(C3N=CC=CN3c3cc(C4CC4)[nH]n3)CC2)cc1. The molecule has 2 aliphatic heterocycles. The second-order valence-electron chi connectivity index (χ2n) is 7.90. The van der Waals surface area contributed by atoms with Gasteiger partial charge in [0.1, 0.15) is 0 Å². The number of piperazine rings is 1. The molecule has 3 aliphatic rings. The highest BCUT2D eigenvalue weighted by Gasteiger charge is 2.31. The normalized spacial score (nSPS) is 23.4. The van der Waals surface area contributed by atoms with Crippen LogP contribution in [-0.4, -0.2) is 58.7 Å². The van der Waals surface area contributed by atoms with Gasteiger partial charge in [0.05, 0.1) is 0 Å². The van der Waals surface area contributed by atoms with Gasteiger partial charge in [0, 0.05) is 68.5 Å². The van der Waals surface area contributed by atoms with Crippen molar-refractivity contribution in [2.75, 3.05) is 36.8 Å². The van der Waals surface area contributed by atoms with Crippen LogP contribution in [0.15, 0.2) is 47.6 Å². The van der Waals surface area contributed by atoms with Crippen molar-refractivity contribution in [1.82, 2.24) is 20.0 Å². The molecule has 1 aliphatic carbocycles. The van der Waals surface area contributed by atoms with Gasteiger partial charge in [-0.1, -0.05) is 12.1 Å². The smallest absolute Gasteiger partial charge is 0.183 e. The van der Waals surface area contributed by atoms with Crippen molar-refractivity contribution in [3.8, 4) is 0 Å². The van der Waals surface area contributed by atoms with E-state index in [1.54, 1.807) is 0 Å². The number of nitrogens with one attached hydrogen (secondary N) is 1. The Morgan fingerprint density at radius 2 is 1.86 bits per heavy atom. The summed E-state index contributed by atoms with van der Waals surface area (Å²) in [4.78, 5) is 11.9. The Kier molecular flexibility index (Phi) is 4.62. The van der Waals surface area contributed by atoms with Crippen LogP contribution in [0.3, 0.4) is 0 Å². The average molecular weight is 377 g/mol. The fourth-order valence-electron chi connectivity index (χ4n) is 3.97. The van der Waals surface area contributed by atoms with Gasteiger partial charge in [-0.2, -0.15) is 5.10 Å². The van der Waals surface area contributed by atoms with Crippen molar-refractivity contribution in [3.05, 3.63) is 53.9 Å². The van der Waals surface area contributed by atoms with Crippen molar-refractivity contribution >= 4 is 17.7 Å². The van der Waals surface area contributed by atoms with Crippen LogP contribution in [0.4, 0.5) is 11.5 Å². The lowest BCUT2D eigenvalue weighted by Crippen LogP contribution is -2.54. The molecule has 0 bridgehead atoms. The summed E-state index contributed by atoms with van der Waals surface area (Å²) >= 11 is 0. The number of anilines is 2. The maximum atomic E-state index is 5.79. The number of aromatic amines is 1. The van der Waals surface area contributed by atoms with E-state index in [2.05, 4.69) is 49.3 Å². The number of rotatable bonds is 5. The van der Waals surface area contributed by atoms with Gasteiger partial charge in [-0.25, -0.2) is 0 Å². The van der Waals surface area contributed by atoms with Crippen molar-refractivity contribution in [1.29, 1.82) is 0 Å². The fraction of sp³-hybridized carbons (Fsp3) is 0.429. The highest BCUT2D eigenvalue weighted by Crippen LogP contribution is 2.40. The number of aliphatic imine (C=N–C) groups is 1. The number of H-pyrrole nitrogens is 1. The van der Waals surface area contributed by atoms with E-state index in [1.807, 2.05) is 24.4 Å². The van der Waals surface area contributed by atoms with Gasteiger partial charge >= 0.3 is 0 Å². The van der Waals surface area contributed by atoms with E-state index in [1.165, 1.54) is 24.1 Å². The topological polar surface area (TPSA) is 76.8 Å². The minimum absolute atomic E-state index is 0.0148. The number of allylic oxidation sites excluding steroid dienone is 1. The largest absolute Gasteiger partial charge is 0.399 e. The number of nitrogen functional groups attached to an aromatic ring is 1. The molecule has 7 nitrogen and oxygen atoms in total. The summed E-state index contributed by atoms with van der Waals surface area (Å²) in [5.41, 5.74) is 9.18. The predicted molar refractivity (Wildman–Crippen MR) is 112 cm³/mol. The summed E-state index contributed by atoms with van der Waals surface area (Å²) in [7, 11) is 0. The Balaban J connectivity index is 1.22. The minimum atomic E-state index is -0.0148. The van der Waals surface area contributed by atoms with E-state index in [4.69, 9.17) is 10.7 Å². The summed E-state index contributed by atoms with van der Waals surface area (Å²) in [5.74, 6) is 1.64. The Labute approximate surface area is 165 Å². The molecule has 1 saturated heterocycles. The van der Waals surface area contributed by atoms with Crippen LogP contribution in [0, 0.1) is 0 Å². The second-order valence-corrected chi connectivity index (χ2v) is 7.90. The molecule has 1 atom stereocenters. The number of nitrogens with zero attached hydrogens (tertiary/aromatic N) is 5. The third-order valence-corrected chi connectivity index (χ3v) is 5.79. The molecule has 0 radical (unpaired) electrons. The van der Waals surface area contributed by atoms with Crippen LogP contribution < -0.4 is 10.6 Å². The van der Waals surface area contributed by atoms with E-state index in [9.17, 15) is 0 Å². The molecular weight excluding hydrogens is 350 g/mol. The predicted octanol–water partition coefficient (Wildman–Crippen LogP) is 2.38. The second kappa shape index (κ2) is 7.41. The molecule has 1 aromatic carbocycles. The molecule has 3 N–H and O–H groups in total. The maximum Gasteiger partial charge on any atom is 0.183 e. The summed E-state index contributed by atoms with van der Waals surface area (Å²) in [6.45, 7) is 5.00. The van der Waals surface area contributed by atoms with Crippen LogP contribution in [-0.2, 0) is 6.54 Å². The third-order valence-electron chi connectivity index (χ3n) is 5.79. The highest BCUT2D eigenvalue weighted by atomic mass is 15.5. The quantitative estimate of drug-likeness (QED) is 0.783. The molecule has 2 aromatic rings. The van der Waals surface area contributed by atoms with Crippen LogP contribution in [0.25, 0.3) is 0 Å². The van der Waals surface area contributed by atoms with E-state index >= 15 is 0 Å². The molecule has 0 amide bonds. The maximum absolute atomic E-state index is 5.79. The highest BCUT2D eigenvalue weighted by molar-refractivity contribution is 5.74. The van der Waals surface area contributed by atoms with Crippen LogP contribution in [0.5, 0.6) is 0 Å². The van der Waals surface area contributed by atoms with Gasteiger partial charge < -0.3 is 5.73 Å². The Morgan fingerprint density at radius 1 is 1.07 bits per heavy atom. The molecule has 1 aromatic heterocycles. The summed E-state index contributed by atoms with van der Waals surface area (Å²) in [5, 5.41) is 7.77. The molecule has 5 rings (SSSR count). The van der Waals surface area contributed by atoms with Gasteiger partial charge in [-0.15, -0.1) is 0 Å². The van der Waals surface area contributed by atoms with E-state index < -0.39 is 0 Å². The van der Waals surface area contributed by atoms with Crippen molar-refractivity contribution in [2.24, 2.45) is 4.99 Å². The first-order valence-corrected chi connectivity index (χ1v) is 10.1. The Morgan fingerprint density at radius 3 is 2.61 bits per heavy atom. The molecule has 1 saturated carbocycles. The molecule has 3 heterocycles. The number of benzene rings is 1. The number of aromatic nitrogens is 2. The summed E-state index contributed by atoms with van der Waals surface area (Å²) < 4.78 is 0. The average Bonchev–Trinajstić information content (AvgIpc) is 3.47. The summed E-state index contributed by atoms with van der Waals surface area (Å²) in [6, 6.07) is 10.4. The van der Waals surface area contributed by atoms with Gasteiger partial charge in [-0.3, -0.25) is 24.8 Å². The third kappa shape index (κ3) is 3.68. The molecule has 146 valence electrons. The summed E-state index contributed by atoms with van der Waals surface area (Å²) in [6.07, 6.45) is 8.50. The van der Waals surface area contributed by atoms with E-state index in [0.29, 0.717) is 5.92 Å². The van der Waals surface area contributed by atoms with Crippen molar-refractivity contribution < 1.29 is 0 Å². The lowest BCUT2D eigenvalue weighted by Gasteiger charge is -2.41. The van der Waals surface area contributed by atoms with Crippen molar-refractivity contribution in [2.45, 2.75) is 31.6 Å². The molecule has 7 heteroatoms. The molecule has 2 fully saturated rings. The zero-order valence-corrected chi connectivity index (χ0v) is 16.0. The first kappa shape index (κ1) is 17.5. The lowest BCUT2D eigenvalue weighted by molar-refractivity contribution is 0.0957. The molecule has 28 heavy (non-hydrogen) atoms. The van der Waals surface area contributed by atoms with Gasteiger partial charge in [-0.05, 0) is 36.6 Å². The van der Waals surface area contributed by atoms with Gasteiger partial charge in [0.2, 0.25) is 0 Å². The number of hydrogen-bond acceptors (Lipinski definition) is 6. The van der Waals surface area contributed by atoms with E-state index in [-0.39, 0.29) is 6.29 Å². The standard InChI is InChI=1S/C21H27N7/c22-18-6-2-16(3-7-18)15-26-10-12-27(13-11-26)21-23-8-1-9-28(21)20-14-19(24-25-20)17-4-5-17/h1-3,6-9,14,17,21H,4-5,10-13,15,22H2,(H,24,25). The zero-order valence-electron chi connectivity index (χ0n) is 16.0. The number of nitrogens with two attached hydrogens (primary N) is 1. The Hall–Kier alpha value is -2.64. The van der Waals surface area contributed by atoms with E-state index in [0.717, 1.165) is 44.2 Å². The monoisotopic (exact) mass is 377 g/mol. The Bertz CT molecular complexity index is 857. The molecule has 1 unspecified atom stereocenters. The van der Waals surface area contributed by atoms with Crippen LogP contribution in [0.1, 0.15) is 30.0 Å². The van der Waals surface area contributed by atoms with Gasteiger partial charge in [0.15, 0.2) is 12.1 Å². The van der Waals surface area contributed by atoms with Crippen LogP contribution in [0.2, 0.25) is 0 Å². The fourth-order valence-corrected chi connectivity index (χ4v) is 3.97. The first-order valence-electron chi connectivity index (χ1n) is 10.1. The van der Waals surface area contributed by atoms with Gasteiger partial charge in [0.25, 0.3) is 0 Å². The number of hydrogen-bond donors (Lipinski definition) is 2. The van der Waals surface area contributed by atoms with Crippen molar-refractivity contribution in [3.63, 3.8) is 0 Å². The molecular formula is C21H27N7. The first-order chi connectivity index (χ1) is 13.8. The minimum Gasteiger partial charge on any atom is -0.399 e. The van der Waals surface area contributed by atoms with Crippen LogP contribution >= 0.6 is 0 Å².